The summed E-state index contributed by atoms with van der Waals surface area (Å²) in [5, 5.41) is 3.22. The fourth-order valence-corrected chi connectivity index (χ4v) is 5.50. The predicted molar refractivity (Wildman–Crippen MR) is 76.2 cm³/mol. The quantitative estimate of drug-likeness (QED) is 0.900. The van der Waals surface area contributed by atoms with E-state index in [0.717, 1.165) is 17.8 Å². The molecule has 1 aromatic heterocycles. The van der Waals surface area contributed by atoms with E-state index in [1.807, 2.05) is 0 Å². The summed E-state index contributed by atoms with van der Waals surface area (Å²) in [6.45, 7) is 2.21. The molecule has 20 heavy (non-hydrogen) atoms. The standard InChI is InChI=1S/C16H23N3O/c1-11(18-15(20)19-3-2-17-10-19)16-7-12-4-13(8-16)6-14(5-12)9-16/h2-3,10-14H,4-9H2,1H3,(H,18,20)/t11-,12?,13?,14?,16?/m0/s1. The fraction of sp³-hybridized carbons (Fsp3) is 0.750. The van der Waals surface area contributed by atoms with Gasteiger partial charge in [0, 0.05) is 18.4 Å². The molecule has 1 N–H and O–H groups in total. The Morgan fingerprint density at radius 2 is 1.85 bits per heavy atom. The van der Waals surface area contributed by atoms with Gasteiger partial charge in [0.2, 0.25) is 0 Å². The smallest absolute Gasteiger partial charge is 0.327 e. The Morgan fingerprint density at radius 3 is 2.35 bits per heavy atom. The number of nitrogens with zero attached hydrogens (tertiary/aromatic N) is 2. The molecule has 1 atom stereocenters. The van der Waals surface area contributed by atoms with Crippen molar-refractivity contribution >= 4 is 6.03 Å². The summed E-state index contributed by atoms with van der Waals surface area (Å²) in [7, 11) is 0. The van der Waals surface area contributed by atoms with Crippen molar-refractivity contribution in [2.24, 2.45) is 23.2 Å². The molecule has 4 bridgehead atoms. The maximum absolute atomic E-state index is 12.2. The lowest BCUT2D eigenvalue weighted by molar-refractivity contribution is -0.0682. The third-order valence-corrected chi connectivity index (χ3v) is 6.08. The molecule has 0 spiro atoms. The number of aromatic nitrogens is 2. The van der Waals surface area contributed by atoms with Gasteiger partial charge in [-0.15, -0.1) is 0 Å². The van der Waals surface area contributed by atoms with Crippen LogP contribution in [0.4, 0.5) is 4.79 Å². The molecule has 1 aromatic rings. The zero-order valence-corrected chi connectivity index (χ0v) is 12.1. The first-order chi connectivity index (χ1) is 9.64. The Labute approximate surface area is 120 Å². The Bertz CT molecular complexity index is 473. The third-order valence-electron chi connectivity index (χ3n) is 6.08. The minimum Gasteiger partial charge on any atom is -0.334 e. The molecule has 0 saturated heterocycles. The number of rotatable bonds is 2. The molecule has 5 rings (SSSR count). The number of hydrogen-bond acceptors (Lipinski definition) is 2. The monoisotopic (exact) mass is 273 g/mol. The van der Waals surface area contributed by atoms with Crippen LogP contribution in [0, 0.1) is 23.2 Å². The van der Waals surface area contributed by atoms with Gasteiger partial charge in [0.25, 0.3) is 0 Å². The summed E-state index contributed by atoms with van der Waals surface area (Å²) in [6.07, 6.45) is 13.2. The number of carbonyl (C=O) groups is 1. The molecule has 0 radical (unpaired) electrons. The Morgan fingerprint density at radius 1 is 1.25 bits per heavy atom. The summed E-state index contributed by atoms with van der Waals surface area (Å²) in [5.74, 6) is 2.77. The number of nitrogens with one attached hydrogen (secondary N) is 1. The maximum Gasteiger partial charge on any atom is 0.327 e. The molecule has 4 nitrogen and oxygen atoms in total. The summed E-state index contributed by atoms with van der Waals surface area (Å²) in [5.41, 5.74) is 0.366. The number of imidazole rings is 1. The van der Waals surface area contributed by atoms with E-state index in [-0.39, 0.29) is 12.1 Å². The zero-order valence-electron chi connectivity index (χ0n) is 12.1. The van der Waals surface area contributed by atoms with Crippen LogP contribution in [0.5, 0.6) is 0 Å². The molecular weight excluding hydrogens is 250 g/mol. The topological polar surface area (TPSA) is 46.9 Å². The molecule has 108 valence electrons. The van der Waals surface area contributed by atoms with Crippen molar-refractivity contribution in [1.82, 2.24) is 14.9 Å². The van der Waals surface area contributed by atoms with E-state index >= 15 is 0 Å². The van der Waals surface area contributed by atoms with Gasteiger partial charge < -0.3 is 5.32 Å². The molecule has 4 saturated carbocycles. The van der Waals surface area contributed by atoms with E-state index in [1.54, 1.807) is 18.7 Å². The van der Waals surface area contributed by atoms with E-state index in [4.69, 9.17) is 0 Å². The SMILES string of the molecule is C[C@H](NC(=O)n1ccnc1)C12CC3CC(CC(C3)C1)C2. The van der Waals surface area contributed by atoms with Crippen LogP contribution in [0.3, 0.4) is 0 Å². The largest absolute Gasteiger partial charge is 0.334 e. The van der Waals surface area contributed by atoms with Gasteiger partial charge in [0.1, 0.15) is 6.33 Å². The van der Waals surface area contributed by atoms with E-state index < -0.39 is 0 Å². The molecule has 4 fully saturated rings. The number of amides is 1. The Hall–Kier alpha value is -1.32. The summed E-state index contributed by atoms with van der Waals surface area (Å²) in [4.78, 5) is 16.2. The van der Waals surface area contributed by atoms with Crippen molar-refractivity contribution in [3.63, 3.8) is 0 Å². The van der Waals surface area contributed by atoms with Crippen molar-refractivity contribution < 1.29 is 4.79 Å². The van der Waals surface area contributed by atoms with Crippen molar-refractivity contribution in [2.45, 2.75) is 51.5 Å². The molecule has 1 heterocycles. The van der Waals surface area contributed by atoms with Crippen LogP contribution in [0.1, 0.15) is 45.4 Å². The first-order valence-corrected chi connectivity index (χ1v) is 7.93. The highest BCUT2D eigenvalue weighted by Gasteiger charge is 2.53. The molecular formula is C16H23N3O. The van der Waals surface area contributed by atoms with Gasteiger partial charge in [-0.3, -0.25) is 4.57 Å². The van der Waals surface area contributed by atoms with Gasteiger partial charge in [-0.1, -0.05) is 0 Å². The van der Waals surface area contributed by atoms with Crippen molar-refractivity contribution in [1.29, 1.82) is 0 Å². The lowest BCUT2D eigenvalue weighted by Crippen LogP contribution is -2.56. The zero-order chi connectivity index (χ0) is 13.7. The second-order valence-corrected chi connectivity index (χ2v) is 7.42. The lowest BCUT2D eigenvalue weighted by Gasteiger charge is -2.59. The van der Waals surface area contributed by atoms with E-state index in [9.17, 15) is 4.79 Å². The normalized spacial score (nSPS) is 39.8. The average molecular weight is 273 g/mol. The van der Waals surface area contributed by atoms with Crippen LogP contribution in [-0.2, 0) is 0 Å². The van der Waals surface area contributed by atoms with E-state index in [1.165, 1.54) is 43.1 Å². The average Bonchev–Trinajstić information content (AvgIpc) is 2.90. The van der Waals surface area contributed by atoms with E-state index in [0.29, 0.717) is 5.41 Å². The Kier molecular flexibility index (Phi) is 2.69. The van der Waals surface area contributed by atoms with Gasteiger partial charge >= 0.3 is 6.03 Å². The van der Waals surface area contributed by atoms with Gasteiger partial charge in [-0.25, -0.2) is 9.78 Å². The fourth-order valence-electron chi connectivity index (χ4n) is 5.50. The number of hydrogen-bond donors (Lipinski definition) is 1. The van der Waals surface area contributed by atoms with Crippen LogP contribution < -0.4 is 5.32 Å². The van der Waals surface area contributed by atoms with Crippen LogP contribution in [0.25, 0.3) is 0 Å². The highest BCUT2D eigenvalue weighted by atomic mass is 16.2. The van der Waals surface area contributed by atoms with Crippen LogP contribution in [0.15, 0.2) is 18.7 Å². The van der Waals surface area contributed by atoms with Crippen LogP contribution >= 0.6 is 0 Å². The second-order valence-electron chi connectivity index (χ2n) is 7.42. The molecule has 4 heteroatoms. The van der Waals surface area contributed by atoms with Crippen molar-refractivity contribution in [3.05, 3.63) is 18.7 Å². The summed E-state index contributed by atoms with van der Waals surface area (Å²) in [6, 6.07) is 0.233. The minimum atomic E-state index is -0.0363. The van der Waals surface area contributed by atoms with Crippen LogP contribution in [-0.4, -0.2) is 21.6 Å². The van der Waals surface area contributed by atoms with Gasteiger partial charge in [-0.05, 0) is 68.6 Å². The first-order valence-electron chi connectivity index (χ1n) is 7.93. The Balaban J connectivity index is 1.51. The van der Waals surface area contributed by atoms with Gasteiger partial charge in [0.05, 0.1) is 0 Å². The van der Waals surface area contributed by atoms with Gasteiger partial charge in [-0.2, -0.15) is 0 Å². The highest BCUT2D eigenvalue weighted by molar-refractivity contribution is 5.76. The molecule has 0 unspecified atom stereocenters. The third kappa shape index (κ3) is 1.88. The van der Waals surface area contributed by atoms with Crippen molar-refractivity contribution in [2.75, 3.05) is 0 Å². The molecule has 0 aliphatic heterocycles. The first kappa shape index (κ1) is 12.4. The van der Waals surface area contributed by atoms with Crippen molar-refractivity contribution in [3.8, 4) is 0 Å². The molecule has 4 aliphatic rings. The highest BCUT2D eigenvalue weighted by Crippen LogP contribution is 2.61. The predicted octanol–water partition coefficient (Wildman–Crippen LogP) is 3.05. The number of carbonyl (C=O) groups excluding carboxylic acids is 1. The van der Waals surface area contributed by atoms with Gasteiger partial charge in [0.15, 0.2) is 0 Å². The van der Waals surface area contributed by atoms with Crippen LogP contribution in [0.2, 0.25) is 0 Å². The summed E-state index contributed by atoms with van der Waals surface area (Å²) < 4.78 is 1.54. The molecule has 1 amide bonds. The van der Waals surface area contributed by atoms with E-state index in [2.05, 4.69) is 17.2 Å². The molecule has 4 aliphatic carbocycles. The summed E-state index contributed by atoms with van der Waals surface area (Å²) >= 11 is 0. The minimum absolute atomic E-state index is 0.0363. The maximum atomic E-state index is 12.2. The second kappa shape index (κ2) is 4.34. The lowest BCUT2D eigenvalue weighted by atomic mass is 9.48. The molecule has 0 aromatic carbocycles.